The lowest BCUT2D eigenvalue weighted by Crippen LogP contribution is -2.49. The van der Waals surface area contributed by atoms with Gasteiger partial charge < -0.3 is 16.4 Å². The lowest BCUT2D eigenvalue weighted by atomic mass is 9.92. The van der Waals surface area contributed by atoms with Gasteiger partial charge in [-0.05, 0) is 25.3 Å². The summed E-state index contributed by atoms with van der Waals surface area (Å²) in [6, 6.07) is 9.39. The number of nitrogens with zero attached hydrogens (tertiary/aromatic N) is 1. The molecule has 1 aliphatic heterocycles. The van der Waals surface area contributed by atoms with E-state index in [0.29, 0.717) is 6.54 Å². The summed E-state index contributed by atoms with van der Waals surface area (Å²) in [7, 11) is 0. The molecule has 2 amide bonds. The van der Waals surface area contributed by atoms with Crippen molar-refractivity contribution in [2.75, 3.05) is 6.54 Å². The quantitative estimate of drug-likeness (QED) is 0.872. The van der Waals surface area contributed by atoms with E-state index < -0.39 is 0 Å². The highest BCUT2D eigenvalue weighted by atomic mass is 16.2. The van der Waals surface area contributed by atoms with Crippen LogP contribution in [0, 0.1) is 5.92 Å². The standard InChI is InChI=1S/C16H23N3O2/c1-11-7-8-13(16(18)21)10-19(11)15(20)9-14(17)12-5-3-2-4-6-12/h2-6,11,13-14H,7-10,17H2,1H3,(H2,18,21). The Bertz CT molecular complexity index is 504. The van der Waals surface area contributed by atoms with Gasteiger partial charge in [0.25, 0.3) is 0 Å². The van der Waals surface area contributed by atoms with Crippen LogP contribution in [-0.4, -0.2) is 29.3 Å². The molecule has 3 atom stereocenters. The fourth-order valence-electron chi connectivity index (χ4n) is 2.81. The maximum absolute atomic E-state index is 12.5. The van der Waals surface area contributed by atoms with E-state index in [0.717, 1.165) is 18.4 Å². The first kappa shape index (κ1) is 15.5. The van der Waals surface area contributed by atoms with Crippen molar-refractivity contribution in [2.45, 2.75) is 38.3 Å². The lowest BCUT2D eigenvalue weighted by Gasteiger charge is -2.37. The molecule has 1 aromatic rings. The Morgan fingerprint density at radius 3 is 2.57 bits per heavy atom. The van der Waals surface area contributed by atoms with Crippen molar-refractivity contribution in [3.8, 4) is 0 Å². The molecule has 1 heterocycles. The van der Waals surface area contributed by atoms with E-state index in [2.05, 4.69) is 0 Å². The summed E-state index contributed by atoms with van der Waals surface area (Å²) in [5.41, 5.74) is 12.4. The van der Waals surface area contributed by atoms with Gasteiger partial charge in [0, 0.05) is 25.0 Å². The van der Waals surface area contributed by atoms with E-state index in [1.54, 1.807) is 4.90 Å². The fourth-order valence-corrected chi connectivity index (χ4v) is 2.81. The number of carbonyl (C=O) groups excluding carboxylic acids is 2. The summed E-state index contributed by atoms with van der Waals surface area (Å²) in [4.78, 5) is 25.5. The highest BCUT2D eigenvalue weighted by Crippen LogP contribution is 2.24. The van der Waals surface area contributed by atoms with Crippen molar-refractivity contribution in [2.24, 2.45) is 17.4 Å². The Kier molecular flexibility index (Phi) is 4.96. The minimum absolute atomic E-state index is 0.00944. The van der Waals surface area contributed by atoms with Crippen LogP contribution in [0.15, 0.2) is 30.3 Å². The predicted molar refractivity (Wildman–Crippen MR) is 81.1 cm³/mol. The SMILES string of the molecule is CC1CCC(C(N)=O)CN1C(=O)CC(N)c1ccccc1. The fraction of sp³-hybridized carbons (Fsp3) is 0.500. The van der Waals surface area contributed by atoms with E-state index >= 15 is 0 Å². The Morgan fingerprint density at radius 2 is 1.95 bits per heavy atom. The molecule has 0 aromatic heterocycles. The summed E-state index contributed by atoms with van der Waals surface area (Å²) in [6.45, 7) is 2.42. The van der Waals surface area contributed by atoms with Gasteiger partial charge in [-0.2, -0.15) is 0 Å². The first-order valence-corrected chi connectivity index (χ1v) is 7.38. The van der Waals surface area contributed by atoms with Crippen LogP contribution in [-0.2, 0) is 9.59 Å². The number of likely N-dealkylation sites (tertiary alicyclic amines) is 1. The zero-order valence-electron chi connectivity index (χ0n) is 12.4. The molecule has 1 saturated heterocycles. The predicted octanol–water partition coefficient (Wildman–Crippen LogP) is 1.19. The molecular weight excluding hydrogens is 266 g/mol. The van der Waals surface area contributed by atoms with Crippen LogP contribution in [0.1, 0.15) is 37.8 Å². The van der Waals surface area contributed by atoms with Crippen LogP contribution in [0.2, 0.25) is 0 Å². The second-order valence-corrected chi connectivity index (χ2v) is 5.79. The molecule has 0 bridgehead atoms. The number of hydrogen-bond acceptors (Lipinski definition) is 3. The molecule has 2 rings (SSSR count). The van der Waals surface area contributed by atoms with Crippen LogP contribution in [0.5, 0.6) is 0 Å². The summed E-state index contributed by atoms with van der Waals surface area (Å²) in [6.07, 6.45) is 1.81. The molecule has 1 aromatic carbocycles. The zero-order chi connectivity index (χ0) is 15.4. The second kappa shape index (κ2) is 6.72. The molecule has 0 spiro atoms. The van der Waals surface area contributed by atoms with Crippen molar-refractivity contribution >= 4 is 11.8 Å². The number of nitrogens with two attached hydrogens (primary N) is 2. The Balaban J connectivity index is 2.00. The lowest BCUT2D eigenvalue weighted by molar-refractivity contribution is -0.137. The zero-order valence-corrected chi connectivity index (χ0v) is 12.4. The molecule has 3 unspecified atom stereocenters. The summed E-state index contributed by atoms with van der Waals surface area (Å²) >= 11 is 0. The van der Waals surface area contributed by atoms with Gasteiger partial charge in [-0.3, -0.25) is 9.59 Å². The first-order chi connectivity index (χ1) is 9.99. The normalized spacial score (nSPS) is 23.6. The molecular formula is C16H23N3O2. The topological polar surface area (TPSA) is 89.4 Å². The van der Waals surface area contributed by atoms with E-state index in [1.165, 1.54) is 0 Å². The van der Waals surface area contributed by atoms with Gasteiger partial charge in [0.05, 0.1) is 5.92 Å². The third-order valence-electron chi connectivity index (χ3n) is 4.23. The van der Waals surface area contributed by atoms with E-state index in [1.807, 2.05) is 37.3 Å². The molecule has 0 saturated carbocycles. The van der Waals surface area contributed by atoms with Crippen molar-refractivity contribution in [3.63, 3.8) is 0 Å². The molecule has 4 N–H and O–H groups in total. The average Bonchev–Trinajstić information content (AvgIpc) is 2.48. The molecule has 0 radical (unpaired) electrons. The third-order valence-corrected chi connectivity index (χ3v) is 4.23. The van der Waals surface area contributed by atoms with Gasteiger partial charge in [0.15, 0.2) is 0 Å². The minimum Gasteiger partial charge on any atom is -0.369 e. The minimum atomic E-state index is -0.327. The number of benzene rings is 1. The van der Waals surface area contributed by atoms with Gasteiger partial charge in [0.2, 0.25) is 11.8 Å². The number of amides is 2. The van der Waals surface area contributed by atoms with Crippen LogP contribution < -0.4 is 11.5 Å². The first-order valence-electron chi connectivity index (χ1n) is 7.38. The van der Waals surface area contributed by atoms with Gasteiger partial charge >= 0.3 is 0 Å². The Morgan fingerprint density at radius 1 is 1.29 bits per heavy atom. The largest absolute Gasteiger partial charge is 0.369 e. The third kappa shape index (κ3) is 3.82. The summed E-state index contributed by atoms with van der Waals surface area (Å²) < 4.78 is 0. The monoisotopic (exact) mass is 289 g/mol. The average molecular weight is 289 g/mol. The molecule has 0 aliphatic carbocycles. The highest BCUT2D eigenvalue weighted by Gasteiger charge is 2.32. The molecule has 5 heteroatoms. The van der Waals surface area contributed by atoms with Crippen LogP contribution in [0.4, 0.5) is 0 Å². The summed E-state index contributed by atoms with van der Waals surface area (Å²) in [5.74, 6) is -0.574. The van der Waals surface area contributed by atoms with Crippen molar-refractivity contribution in [1.82, 2.24) is 4.90 Å². The Labute approximate surface area is 125 Å². The van der Waals surface area contributed by atoms with Gasteiger partial charge in [-0.25, -0.2) is 0 Å². The molecule has 114 valence electrons. The van der Waals surface area contributed by atoms with Crippen LogP contribution >= 0.6 is 0 Å². The number of hydrogen-bond donors (Lipinski definition) is 2. The molecule has 21 heavy (non-hydrogen) atoms. The second-order valence-electron chi connectivity index (χ2n) is 5.79. The van der Waals surface area contributed by atoms with Gasteiger partial charge in [0.1, 0.15) is 0 Å². The molecule has 5 nitrogen and oxygen atoms in total. The van der Waals surface area contributed by atoms with E-state index in [4.69, 9.17) is 11.5 Å². The van der Waals surface area contributed by atoms with Crippen molar-refractivity contribution in [3.05, 3.63) is 35.9 Å². The Hall–Kier alpha value is -1.88. The molecule has 1 fully saturated rings. The maximum atomic E-state index is 12.5. The van der Waals surface area contributed by atoms with Gasteiger partial charge in [-0.1, -0.05) is 30.3 Å². The maximum Gasteiger partial charge on any atom is 0.224 e. The smallest absolute Gasteiger partial charge is 0.224 e. The summed E-state index contributed by atoms with van der Waals surface area (Å²) in [5, 5.41) is 0. The van der Waals surface area contributed by atoms with Crippen LogP contribution in [0.25, 0.3) is 0 Å². The van der Waals surface area contributed by atoms with E-state index in [-0.39, 0.29) is 36.2 Å². The number of primary amides is 1. The van der Waals surface area contributed by atoms with Crippen molar-refractivity contribution < 1.29 is 9.59 Å². The van der Waals surface area contributed by atoms with E-state index in [9.17, 15) is 9.59 Å². The van der Waals surface area contributed by atoms with Gasteiger partial charge in [-0.15, -0.1) is 0 Å². The number of rotatable bonds is 4. The van der Waals surface area contributed by atoms with Crippen molar-refractivity contribution in [1.29, 1.82) is 0 Å². The number of piperidine rings is 1. The number of carbonyl (C=O) groups is 2. The highest BCUT2D eigenvalue weighted by molar-refractivity contribution is 5.80. The van der Waals surface area contributed by atoms with Crippen LogP contribution in [0.3, 0.4) is 0 Å². The molecule has 1 aliphatic rings.